The van der Waals surface area contributed by atoms with Crippen LogP contribution in [0, 0.1) is 17.8 Å². The molecule has 252 valence electrons. The number of rotatable bonds is 31. The summed E-state index contributed by atoms with van der Waals surface area (Å²) < 4.78 is 0.0827. The molecule has 0 spiro atoms. The summed E-state index contributed by atoms with van der Waals surface area (Å²) in [5.41, 5.74) is 0. The molecule has 0 aromatic carbocycles. The summed E-state index contributed by atoms with van der Waals surface area (Å²) in [6.07, 6.45) is 28.5. The van der Waals surface area contributed by atoms with E-state index in [1.807, 2.05) is 33.0 Å². The summed E-state index contributed by atoms with van der Waals surface area (Å²) in [5.74, 6) is -4.75. The molecule has 0 saturated carbocycles. The van der Waals surface area contributed by atoms with Crippen molar-refractivity contribution in [3.8, 4) is 0 Å². The standard InChI is InChI=1S/C36H67NO6/c1-5-9-10-11-12-13-14-15-16-17-18-19-20-21-22-23-24-25-26-27-37(28-31(6-2)34(38)39,29-32(7-3)35(40)41)30-33(8-4)36(42)43/h26-27,31-33H,5-25,28-30H2,1-4H3,(H2-,38,39,40,41,42,43)/p+1/b27-26+. The Labute approximate surface area is 264 Å². The maximum Gasteiger partial charge on any atom is 0.312 e. The fourth-order valence-corrected chi connectivity index (χ4v) is 6.15. The van der Waals surface area contributed by atoms with Gasteiger partial charge in [0.15, 0.2) is 0 Å². The van der Waals surface area contributed by atoms with Gasteiger partial charge in [-0.15, -0.1) is 0 Å². The van der Waals surface area contributed by atoms with Crippen LogP contribution in [-0.2, 0) is 14.4 Å². The zero-order chi connectivity index (χ0) is 32.3. The van der Waals surface area contributed by atoms with E-state index in [1.165, 1.54) is 96.3 Å². The van der Waals surface area contributed by atoms with Gasteiger partial charge in [-0.05, 0) is 38.2 Å². The van der Waals surface area contributed by atoms with Crippen LogP contribution >= 0.6 is 0 Å². The summed E-state index contributed by atoms with van der Waals surface area (Å²) in [4.78, 5) is 35.9. The van der Waals surface area contributed by atoms with E-state index in [2.05, 4.69) is 6.92 Å². The van der Waals surface area contributed by atoms with Crippen molar-refractivity contribution in [1.29, 1.82) is 0 Å². The van der Waals surface area contributed by atoms with Gasteiger partial charge in [0.25, 0.3) is 0 Å². The number of carbonyl (C=O) groups is 3. The van der Waals surface area contributed by atoms with Gasteiger partial charge in [-0.3, -0.25) is 18.9 Å². The van der Waals surface area contributed by atoms with Crippen molar-refractivity contribution in [3.05, 3.63) is 12.3 Å². The number of hydrogen-bond acceptors (Lipinski definition) is 3. The van der Waals surface area contributed by atoms with Gasteiger partial charge in [0.2, 0.25) is 0 Å². The Morgan fingerprint density at radius 1 is 0.488 bits per heavy atom. The van der Waals surface area contributed by atoms with Crippen molar-refractivity contribution in [3.63, 3.8) is 0 Å². The van der Waals surface area contributed by atoms with E-state index in [9.17, 15) is 29.7 Å². The third-order valence-corrected chi connectivity index (χ3v) is 9.17. The molecule has 0 bridgehead atoms. The van der Waals surface area contributed by atoms with Crippen LogP contribution in [0.25, 0.3) is 0 Å². The molecule has 0 aromatic rings. The molecule has 3 atom stereocenters. The third kappa shape index (κ3) is 20.7. The summed E-state index contributed by atoms with van der Waals surface area (Å²) >= 11 is 0. The molecule has 0 aliphatic rings. The van der Waals surface area contributed by atoms with Gasteiger partial charge in [-0.1, -0.05) is 130 Å². The first-order valence-corrected chi connectivity index (χ1v) is 17.9. The minimum atomic E-state index is -0.918. The Morgan fingerprint density at radius 2 is 0.767 bits per heavy atom. The number of nitrogens with zero attached hydrogens (tertiary/aromatic N) is 1. The highest BCUT2D eigenvalue weighted by Crippen LogP contribution is 2.25. The van der Waals surface area contributed by atoms with Crippen LogP contribution in [0.1, 0.15) is 163 Å². The van der Waals surface area contributed by atoms with Crippen LogP contribution in [0.2, 0.25) is 0 Å². The molecule has 7 nitrogen and oxygen atoms in total. The molecule has 3 unspecified atom stereocenters. The number of carboxylic acids is 3. The number of aliphatic carboxylic acids is 3. The predicted molar refractivity (Wildman–Crippen MR) is 177 cm³/mol. The average molecular weight is 611 g/mol. The topological polar surface area (TPSA) is 112 Å². The van der Waals surface area contributed by atoms with E-state index in [1.54, 1.807) is 0 Å². The molecule has 0 fully saturated rings. The quantitative estimate of drug-likeness (QED) is 0.0532. The molecule has 0 saturated heterocycles. The molecule has 0 aliphatic carbocycles. The SMILES string of the molecule is CCCCCCCCCCCCCCCCCCC/C=C/[N+](CC(CC)C(=O)O)(CC(CC)C(=O)O)CC(CC)C(=O)O. The Bertz CT molecular complexity index is 692. The van der Waals surface area contributed by atoms with Gasteiger partial charge in [0.05, 0.1) is 25.8 Å². The molecule has 7 heteroatoms. The predicted octanol–water partition coefficient (Wildman–Crippen LogP) is 9.69. The zero-order valence-electron chi connectivity index (χ0n) is 28.4. The average Bonchev–Trinajstić information content (AvgIpc) is 2.98. The van der Waals surface area contributed by atoms with Crippen LogP contribution < -0.4 is 0 Å². The Balaban J connectivity index is 4.71. The van der Waals surface area contributed by atoms with Crippen molar-refractivity contribution in [2.75, 3.05) is 19.6 Å². The Hall–Kier alpha value is -1.89. The maximum atomic E-state index is 12.0. The van der Waals surface area contributed by atoms with Gasteiger partial charge < -0.3 is 15.3 Å². The van der Waals surface area contributed by atoms with Crippen LogP contribution in [0.15, 0.2) is 12.3 Å². The lowest BCUT2D eigenvalue weighted by molar-refractivity contribution is -0.887. The van der Waals surface area contributed by atoms with Crippen molar-refractivity contribution < 1.29 is 34.2 Å². The smallest absolute Gasteiger partial charge is 0.312 e. The number of carboxylic acid groups (broad SMARTS) is 3. The van der Waals surface area contributed by atoms with Crippen LogP contribution in [0.5, 0.6) is 0 Å². The largest absolute Gasteiger partial charge is 0.481 e. The van der Waals surface area contributed by atoms with E-state index < -0.39 is 35.7 Å². The van der Waals surface area contributed by atoms with Crippen molar-refractivity contribution in [1.82, 2.24) is 0 Å². The highest BCUT2D eigenvalue weighted by Gasteiger charge is 2.39. The molecular formula is C36H68NO6+. The molecule has 0 aromatic heterocycles. The van der Waals surface area contributed by atoms with Crippen molar-refractivity contribution in [2.45, 2.75) is 163 Å². The molecule has 0 amide bonds. The first-order valence-electron chi connectivity index (χ1n) is 17.9. The van der Waals surface area contributed by atoms with Gasteiger partial charge in [0.1, 0.15) is 17.8 Å². The Kier molecular flexibility index (Phi) is 25.3. The van der Waals surface area contributed by atoms with E-state index in [0.29, 0.717) is 19.3 Å². The van der Waals surface area contributed by atoms with Crippen LogP contribution in [-0.4, -0.2) is 57.3 Å². The minimum absolute atomic E-state index is 0.0827. The van der Waals surface area contributed by atoms with Gasteiger partial charge in [-0.25, -0.2) is 0 Å². The lowest BCUT2D eigenvalue weighted by atomic mass is 9.96. The fourth-order valence-electron chi connectivity index (χ4n) is 6.15. The normalized spacial score (nSPS) is 15.3. The van der Waals surface area contributed by atoms with Gasteiger partial charge >= 0.3 is 17.9 Å². The summed E-state index contributed by atoms with van der Waals surface area (Å²) in [6.45, 7) is 8.33. The van der Waals surface area contributed by atoms with Gasteiger partial charge in [-0.2, -0.15) is 0 Å². The van der Waals surface area contributed by atoms with E-state index in [0.717, 1.165) is 19.3 Å². The Morgan fingerprint density at radius 3 is 1.02 bits per heavy atom. The zero-order valence-corrected chi connectivity index (χ0v) is 28.4. The molecule has 0 heterocycles. The fraction of sp³-hybridized carbons (Fsp3) is 0.861. The highest BCUT2D eigenvalue weighted by atomic mass is 16.4. The molecule has 0 radical (unpaired) electrons. The number of unbranched alkanes of at least 4 members (excludes halogenated alkanes) is 17. The van der Waals surface area contributed by atoms with E-state index >= 15 is 0 Å². The lowest BCUT2D eigenvalue weighted by Crippen LogP contribution is -2.54. The third-order valence-electron chi connectivity index (χ3n) is 9.17. The van der Waals surface area contributed by atoms with Crippen LogP contribution in [0.4, 0.5) is 0 Å². The first kappa shape index (κ1) is 41.1. The molecule has 43 heavy (non-hydrogen) atoms. The van der Waals surface area contributed by atoms with E-state index in [-0.39, 0.29) is 24.1 Å². The highest BCUT2D eigenvalue weighted by molar-refractivity contribution is 5.71. The number of hydrogen-bond donors (Lipinski definition) is 3. The van der Waals surface area contributed by atoms with Crippen LogP contribution in [0.3, 0.4) is 0 Å². The molecular weight excluding hydrogens is 542 g/mol. The molecule has 0 aliphatic heterocycles. The summed E-state index contributed by atoms with van der Waals surface area (Å²) in [7, 11) is 0. The minimum Gasteiger partial charge on any atom is -0.481 e. The van der Waals surface area contributed by atoms with E-state index in [4.69, 9.17) is 0 Å². The van der Waals surface area contributed by atoms with Gasteiger partial charge in [0, 0.05) is 0 Å². The second kappa shape index (κ2) is 26.5. The van der Waals surface area contributed by atoms with Crippen molar-refractivity contribution >= 4 is 17.9 Å². The number of allylic oxidation sites excluding steroid dienone is 1. The summed E-state index contributed by atoms with van der Waals surface area (Å²) in [5, 5.41) is 29.4. The second-order valence-corrected chi connectivity index (χ2v) is 12.9. The monoisotopic (exact) mass is 611 g/mol. The maximum absolute atomic E-state index is 12.0. The molecule has 3 N–H and O–H groups in total. The first-order chi connectivity index (χ1) is 20.7. The second-order valence-electron chi connectivity index (χ2n) is 12.9. The molecule has 0 rings (SSSR count). The lowest BCUT2D eigenvalue weighted by Gasteiger charge is -2.40. The van der Waals surface area contributed by atoms with Crippen molar-refractivity contribution in [2.24, 2.45) is 17.8 Å². The number of quaternary nitrogens is 1. The summed E-state index contributed by atoms with van der Waals surface area (Å²) in [6, 6.07) is 0.